The number of carbonyl (C=O) groups is 1. The quantitative estimate of drug-likeness (QED) is 0.555. The second-order valence-corrected chi connectivity index (χ2v) is 7.41. The molecule has 0 spiro atoms. The van der Waals surface area contributed by atoms with Gasteiger partial charge in [0.05, 0.1) is 25.5 Å². The fourth-order valence-electron chi connectivity index (χ4n) is 3.91. The summed E-state index contributed by atoms with van der Waals surface area (Å²) in [6.07, 6.45) is 4.68. The number of benzene rings is 2. The molecule has 1 aliphatic carbocycles. The lowest BCUT2D eigenvalue weighted by molar-refractivity contribution is -0.140. The van der Waals surface area contributed by atoms with E-state index in [0.29, 0.717) is 28.0 Å². The zero-order valence-corrected chi connectivity index (χ0v) is 17.1. The number of carbonyl (C=O) groups excluding carboxylic acids is 1. The van der Waals surface area contributed by atoms with Crippen molar-refractivity contribution in [2.75, 3.05) is 14.2 Å². The highest BCUT2D eigenvalue weighted by molar-refractivity contribution is 5.85. The summed E-state index contributed by atoms with van der Waals surface area (Å²) in [7, 11) is 3.08. The molecule has 0 N–H and O–H groups in total. The second-order valence-electron chi connectivity index (χ2n) is 7.41. The van der Waals surface area contributed by atoms with Crippen molar-refractivity contribution in [2.45, 2.75) is 32.1 Å². The molecule has 1 heterocycles. The third-order valence-electron chi connectivity index (χ3n) is 5.54. The molecule has 2 aromatic carbocycles. The van der Waals surface area contributed by atoms with Gasteiger partial charge in [-0.25, -0.2) is 0 Å². The van der Waals surface area contributed by atoms with Crippen molar-refractivity contribution >= 4 is 16.9 Å². The summed E-state index contributed by atoms with van der Waals surface area (Å²) in [6.45, 7) is 0. The molecule has 0 amide bonds. The minimum atomic E-state index is -0.376. The Balaban J connectivity index is 1.84. The molecular formula is C24H24O6. The fraction of sp³-hybridized carbons (Fsp3) is 0.333. The lowest BCUT2D eigenvalue weighted by Gasteiger charge is -2.20. The maximum atomic E-state index is 13.2. The Bertz CT molecular complexity index is 1120. The highest BCUT2D eigenvalue weighted by Crippen LogP contribution is 2.37. The van der Waals surface area contributed by atoms with Crippen LogP contribution in [0.25, 0.3) is 22.3 Å². The van der Waals surface area contributed by atoms with E-state index in [1.165, 1.54) is 7.11 Å². The summed E-state index contributed by atoms with van der Waals surface area (Å²) in [6, 6.07) is 12.1. The van der Waals surface area contributed by atoms with Crippen molar-refractivity contribution in [3.8, 4) is 28.6 Å². The highest BCUT2D eigenvalue weighted by Gasteiger charge is 2.27. The fourth-order valence-corrected chi connectivity index (χ4v) is 3.91. The van der Waals surface area contributed by atoms with Gasteiger partial charge >= 0.3 is 5.97 Å². The summed E-state index contributed by atoms with van der Waals surface area (Å²) >= 11 is 0. The lowest BCUT2D eigenvalue weighted by Crippen LogP contribution is -2.25. The van der Waals surface area contributed by atoms with Crippen molar-refractivity contribution in [1.29, 1.82) is 0 Å². The lowest BCUT2D eigenvalue weighted by atomic mass is 9.89. The number of rotatable bonds is 5. The SMILES string of the molecule is COc1ccc(-c2oc3ccccc3c(=O)c2OC(=O)C2CCCCC2)cc1OC. The molecule has 1 aromatic heterocycles. The molecule has 6 heteroatoms. The summed E-state index contributed by atoms with van der Waals surface area (Å²) in [4.78, 5) is 26.0. The van der Waals surface area contributed by atoms with Crippen LogP contribution in [0.4, 0.5) is 0 Å². The minimum Gasteiger partial charge on any atom is -0.493 e. The minimum absolute atomic E-state index is 0.0866. The van der Waals surface area contributed by atoms with Gasteiger partial charge < -0.3 is 18.6 Å². The normalized spacial score (nSPS) is 14.5. The van der Waals surface area contributed by atoms with Crippen LogP contribution < -0.4 is 19.6 Å². The molecule has 0 aliphatic heterocycles. The average Bonchev–Trinajstić information content (AvgIpc) is 2.80. The number of hydrogen-bond donors (Lipinski definition) is 0. The van der Waals surface area contributed by atoms with Crippen LogP contribution in [-0.4, -0.2) is 20.2 Å². The maximum Gasteiger partial charge on any atom is 0.314 e. The largest absolute Gasteiger partial charge is 0.493 e. The molecule has 1 saturated carbocycles. The van der Waals surface area contributed by atoms with Gasteiger partial charge in [0, 0.05) is 5.56 Å². The van der Waals surface area contributed by atoms with E-state index in [4.69, 9.17) is 18.6 Å². The van der Waals surface area contributed by atoms with Crippen LogP contribution >= 0.6 is 0 Å². The van der Waals surface area contributed by atoms with Crippen LogP contribution in [-0.2, 0) is 4.79 Å². The smallest absolute Gasteiger partial charge is 0.314 e. The number of fused-ring (bicyclic) bond motifs is 1. The van der Waals surface area contributed by atoms with Crippen molar-refractivity contribution in [2.24, 2.45) is 5.92 Å². The van der Waals surface area contributed by atoms with Crippen molar-refractivity contribution in [1.82, 2.24) is 0 Å². The Labute approximate surface area is 174 Å². The zero-order valence-electron chi connectivity index (χ0n) is 17.1. The molecular weight excluding hydrogens is 384 g/mol. The topological polar surface area (TPSA) is 75.0 Å². The molecule has 1 aliphatic rings. The van der Waals surface area contributed by atoms with Gasteiger partial charge in [-0.3, -0.25) is 9.59 Å². The van der Waals surface area contributed by atoms with E-state index in [1.807, 2.05) is 0 Å². The summed E-state index contributed by atoms with van der Waals surface area (Å²) in [5, 5.41) is 0.369. The van der Waals surface area contributed by atoms with E-state index < -0.39 is 0 Å². The third-order valence-corrected chi connectivity index (χ3v) is 5.54. The second kappa shape index (κ2) is 8.61. The van der Waals surface area contributed by atoms with Gasteiger partial charge in [0.1, 0.15) is 5.58 Å². The van der Waals surface area contributed by atoms with E-state index >= 15 is 0 Å². The Kier molecular flexibility index (Phi) is 5.74. The van der Waals surface area contributed by atoms with Gasteiger partial charge in [-0.15, -0.1) is 0 Å². The predicted molar refractivity (Wildman–Crippen MR) is 113 cm³/mol. The zero-order chi connectivity index (χ0) is 21.1. The van der Waals surface area contributed by atoms with Gasteiger partial charge in [0.25, 0.3) is 0 Å². The van der Waals surface area contributed by atoms with Crippen molar-refractivity contribution in [3.63, 3.8) is 0 Å². The molecule has 0 bridgehead atoms. The van der Waals surface area contributed by atoms with Crippen molar-refractivity contribution < 1.29 is 23.4 Å². The summed E-state index contributed by atoms with van der Waals surface area (Å²) in [5.41, 5.74) is 0.609. The number of para-hydroxylation sites is 1. The van der Waals surface area contributed by atoms with Crippen LogP contribution in [0.5, 0.6) is 17.2 Å². The predicted octanol–water partition coefficient (Wildman–Crippen LogP) is 4.96. The van der Waals surface area contributed by atoms with Gasteiger partial charge in [0.2, 0.25) is 11.2 Å². The van der Waals surface area contributed by atoms with Crippen LogP contribution in [0.2, 0.25) is 0 Å². The average molecular weight is 408 g/mol. The molecule has 0 atom stereocenters. The van der Waals surface area contributed by atoms with E-state index in [-0.39, 0.29) is 28.8 Å². The molecule has 156 valence electrons. The summed E-state index contributed by atoms with van der Waals surface area (Å²) in [5.74, 6) is 0.572. The number of ether oxygens (including phenoxy) is 3. The molecule has 6 nitrogen and oxygen atoms in total. The Morgan fingerprint density at radius 3 is 2.43 bits per heavy atom. The van der Waals surface area contributed by atoms with E-state index in [0.717, 1.165) is 32.1 Å². The van der Waals surface area contributed by atoms with Gasteiger partial charge in [-0.1, -0.05) is 31.4 Å². The third kappa shape index (κ3) is 3.77. The monoisotopic (exact) mass is 408 g/mol. The highest BCUT2D eigenvalue weighted by atomic mass is 16.5. The first-order valence-corrected chi connectivity index (χ1v) is 10.1. The first-order valence-electron chi connectivity index (χ1n) is 10.1. The Morgan fingerprint density at radius 2 is 1.70 bits per heavy atom. The first kappa shape index (κ1) is 20.0. The van der Waals surface area contributed by atoms with Crippen LogP contribution in [0, 0.1) is 5.92 Å². The first-order chi connectivity index (χ1) is 14.6. The van der Waals surface area contributed by atoms with E-state index in [1.54, 1.807) is 49.6 Å². The van der Waals surface area contributed by atoms with E-state index in [9.17, 15) is 9.59 Å². The van der Waals surface area contributed by atoms with Gasteiger partial charge in [0.15, 0.2) is 17.3 Å². The van der Waals surface area contributed by atoms with Crippen molar-refractivity contribution in [3.05, 3.63) is 52.7 Å². The molecule has 0 saturated heterocycles. The molecule has 3 aromatic rings. The molecule has 4 rings (SSSR count). The summed E-state index contributed by atoms with van der Waals surface area (Å²) < 4.78 is 22.4. The van der Waals surface area contributed by atoms with E-state index in [2.05, 4.69) is 0 Å². The van der Waals surface area contributed by atoms with Gasteiger partial charge in [-0.05, 0) is 43.2 Å². The Hall–Kier alpha value is -3.28. The molecule has 1 fully saturated rings. The number of methoxy groups -OCH3 is 2. The molecule has 30 heavy (non-hydrogen) atoms. The standard InChI is InChI=1S/C24H24O6/c1-27-19-13-12-16(14-20(19)28-2)22-23(30-24(26)15-8-4-3-5-9-15)21(25)17-10-6-7-11-18(17)29-22/h6-7,10-15H,3-5,8-9H2,1-2H3. The maximum absolute atomic E-state index is 13.2. The molecule has 0 unspecified atom stereocenters. The molecule has 0 radical (unpaired) electrons. The van der Waals surface area contributed by atoms with Crippen LogP contribution in [0.1, 0.15) is 32.1 Å². The van der Waals surface area contributed by atoms with Crippen LogP contribution in [0.3, 0.4) is 0 Å². The number of hydrogen-bond acceptors (Lipinski definition) is 6. The van der Waals surface area contributed by atoms with Gasteiger partial charge in [-0.2, -0.15) is 0 Å². The Morgan fingerprint density at radius 1 is 0.967 bits per heavy atom. The number of esters is 1. The van der Waals surface area contributed by atoms with Crippen LogP contribution in [0.15, 0.2) is 51.7 Å².